The van der Waals surface area contributed by atoms with Crippen molar-refractivity contribution >= 4 is 23.8 Å². The number of amides is 2. The van der Waals surface area contributed by atoms with Gasteiger partial charge in [-0.15, -0.1) is 0 Å². The number of nitrogens with one attached hydrogen (secondary N) is 2. The van der Waals surface area contributed by atoms with Gasteiger partial charge >= 0.3 is 12.0 Å². The van der Waals surface area contributed by atoms with Crippen molar-refractivity contribution in [3.8, 4) is 0 Å². The summed E-state index contributed by atoms with van der Waals surface area (Å²) in [5.74, 6) is -0.294. The van der Waals surface area contributed by atoms with Crippen molar-refractivity contribution in [2.75, 3.05) is 18.6 Å². The standard InChI is InChI=1S/C12H16N2O3S/c1-18-8-7-13-12(17)14-10(11(15)16)9-5-3-2-4-6-9/h2-6,10H,7-8H2,1H3,(H,15,16)(H2,13,14,17)/t10-/m1/s1. The van der Waals surface area contributed by atoms with Crippen LogP contribution in [0.4, 0.5) is 4.79 Å². The average Bonchev–Trinajstić information content (AvgIpc) is 2.37. The molecule has 0 bridgehead atoms. The van der Waals surface area contributed by atoms with Gasteiger partial charge in [-0.05, 0) is 11.8 Å². The number of thioether (sulfide) groups is 1. The lowest BCUT2D eigenvalue weighted by atomic mass is 10.1. The number of hydrogen-bond donors (Lipinski definition) is 3. The highest BCUT2D eigenvalue weighted by Crippen LogP contribution is 2.12. The largest absolute Gasteiger partial charge is 0.479 e. The highest BCUT2D eigenvalue weighted by atomic mass is 32.2. The van der Waals surface area contributed by atoms with Gasteiger partial charge in [0.25, 0.3) is 0 Å². The van der Waals surface area contributed by atoms with Crippen molar-refractivity contribution < 1.29 is 14.7 Å². The van der Waals surface area contributed by atoms with Crippen LogP contribution in [0.25, 0.3) is 0 Å². The zero-order valence-corrected chi connectivity index (χ0v) is 10.9. The minimum absolute atomic E-state index is 0.472. The second-order valence-corrected chi connectivity index (χ2v) is 4.56. The Kier molecular flexibility index (Phi) is 6.07. The van der Waals surface area contributed by atoms with E-state index in [2.05, 4.69) is 10.6 Å². The zero-order valence-electron chi connectivity index (χ0n) is 10.1. The van der Waals surface area contributed by atoms with Gasteiger partial charge in [0.2, 0.25) is 0 Å². The van der Waals surface area contributed by atoms with Gasteiger partial charge in [0, 0.05) is 12.3 Å². The Morgan fingerprint density at radius 2 is 2.00 bits per heavy atom. The number of benzene rings is 1. The Labute approximate surface area is 110 Å². The van der Waals surface area contributed by atoms with Gasteiger partial charge in [-0.25, -0.2) is 9.59 Å². The van der Waals surface area contributed by atoms with Crippen LogP contribution in [0.2, 0.25) is 0 Å². The van der Waals surface area contributed by atoms with Crippen LogP contribution in [-0.2, 0) is 4.79 Å². The molecule has 1 aromatic rings. The molecular weight excluding hydrogens is 252 g/mol. The summed E-state index contributed by atoms with van der Waals surface area (Å²) in [5.41, 5.74) is 0.546. The predicted octanol–water partition coefficient (Wildman–Crippen LogP) is 1.47. The van der Waals surface area contributed by atoms with E-state index < -0.39 is 18.0 Å². The summed E-state index contributed by atoms with van der Waals surface area (Å²) in [4.78, 5) is 22.6. The molecule has 0 saturated heterocycles. The van der Waals surface area contributed by atoms with Gasteiger partial charge in [0.1, 0.15) is 0 Å². The van der Waals surface area contributed by atoms with Crippen LogP contribution in [0.5, 0.6) is 0 Å². The molecule has 0 aliphatic rings. The maximum Gasteiger partial charge on any atom is 0.330 e. The maximum absolute atomic E-state index is 11.5. The van der Waals surface area contributed by atoms with Crippen LogP contribution in [0.3, 0.4) is 0 Å². The van der Waals surface area contributed by atoms with Crippen molar-refractivity contribution in [3.05, 3.63) is 35.9 Å². The Hall–Kier alpha value is -1.69. The van der Waals surface area contributed by atoms with E-state index in [1.807, 2.05) is 6.26 Å². The molecule has 0 spiro atoms. The molecule has 0 unspecified atom stereocenters. The normalized spacial score (nSPS) is 11.6. The molecule has 0 aliphatic heterocycles. The van der Waals surface area contributed by atoms with E-state index in [1.165, 1.54) is 0 Å². The second kappa shape index (κ2) is 7.60. The minimum atomic E-state index is -1.08. The number of rotatable bonds is 6. The van der Waals surface area contributed by atoms with Gasteiger partial charge in [-0.2, -0.15) is 11.8 Å². The van der Waals surface area contributed by atoms with Crippen molar-refractivity contribution in [2.24, 2.45) is 0 Å². The van der Waals surface area contributed by atoms with Gasteiger partial charge < -0.3 is 15.7 Å². The van der Waals surface area contributed by atoms with Crippen LogP contribution >= 0.6 is 11.8 Å². The summed E-state index contributed by atoms with van der Waals surface area (Å²) < 4.78 is 0. The van der Waals surface area contributed by atoms with Crippen LogP contribution in [0.1, 0.15) is 11.6 Å². The summed E-state index contributed by atoms with van der Waals surface area (Å²) in [6.07, 6.45) is 1.93. The van der Waals surface area contributed by atoms with Crippen LogP contribution in [0, 0.1) is 0 Å². The zero-order chi connectivity index (χ0) is 13.4. The summed E-state index contributed by atoms with van der Waals surface area (Å²) in [6, 6.07) is 7.10. The first kappa shape index (κ1) is 14.4. The fourth-order valence-electron chi connectivity index (χ4n) is 1.38. The van der Waals surface area contributed by atoms with E-state index in [0.29, 0.717) is 12.1 Å². The lowest BCUT2D eigenvalue weighted by molar-refractivity contribution is -0.139. The fourth-order valence-corrected chi connectivity index (χ4v) is 1.69. The number of carbonyl (C=O) groups is 2. The molecule has 0 aliphatic carbocycles. The molecular formula is C12H16N2O3S. The van der Waals surface area contributed by atoms with Crippen molar-refractivity contribution in [2.45, 2.75) is 6.04 Å². The molecule has 18 heavy (non-hydrogen) atoms. The lowest BCUT2D eigenvalue weighted by Gasteiger charge is -2.15. The van der Waals surface area contributed by atoms with E-state index in [9.17, 15) is 9.59 Å². The Morgan fingerprint density at radius 3 is 2.56 bits per heavy atom. The summed E-state index contributed by atoms with van der Waals surface area (Å²) >= 11 is 1.61. The van der Waals surface area contributed by atoms with Gasteiger partial charge in [0.15, 0.2) is 6.04 Å². The highest BCUT2D eigenvalue weighted by molar-refractivity contribution is 7.98. The monoisotopic (exact) mass is 268 g/mol. The van der Waals surface area contributed by atoms with E-state index in [0.717, 1.165) is 5.75 Å². The Morgan fingerprint density at radius 1 is 1.33 bits per heavy atom. The van der Waals surface area contributed by atoms with Crippen molar-refractivity contribution in [1.29, 1.82) is 0 Å². The van der Waals surface area contributed by atoms with Crippen molar-refractivity contribution in [3.63, 3.8) is 0 Å². The second-order valence-electron chi connectivity index (χ2n) is 3.57. The maximum atomic E-state index is 11.5. The third kappa shape index (κ3) is 4.67. The molecule has 1 rings (SSSR count). The Bertz CT molecular complexity index is 398. The van der Waals surface area contributed by atoms with E-state index in [4.69, 9.17) is 5.11 Å². The topological polar surface area (TPSA) is 78.4 Å². The number of carboxylic acid groups (broad SMARTS) is 1. The van der Waals surface area contributed by atoms with Crippen LogP contribution < -0.4 is 10.6 Å². The van der Waals surface area contributed by atoms with E-state index in [1.54, 1.807) is 42.1 Å². The molecule has 3 N–H and O–H groups in total. The molecule has 1 aromatic carbocycles. The van der Waals surface area contributed by atoms with Gasteiger partial charge in [0.05, 0.1) is 0 Å². The molecule has 6 heteroatoms. The average molecular weight is 268 g/mol. The van der Waals surface area contributed by atoms with Gasteiger partial charge in [-0.3, -0.25) is 0 Å². The van der Waals surface area contributed by atoms with E-state index in [-0.39, 0.29) is 0 Å². The first-order valence-electron chi connectivity index (χ1n) is 5.46. The van der Waals surface area contributed by atoms with Crippen molar-refractivity contribution in [1.82, 2.24) is 10.6 Å². The third-order valence-electron chi connectivity index (χ3n) is 2.25. The summed E-state index contributed by atoms with van der Waals surface area (Å²) in [7, 11) is 0. The van der Waals surface area contributed by atoms with Crippen LogP contribution in [-0.4, -0.2) is 35.7 Å². The Balaban J connectivity index is 2.59. The predicted molar refractivity (Wildman–Crippen MR) is 71.7 cm³/mol. The van der Waals surface area contributed by atoms with Crippen LogP contribution in [0.15, 0.2) is 30.3 Å². The smallest absolute Gasteiger partial charge is 0.330 e. The van der Waals surface area contributed by atoms with E-state index >= 15 is 0 Å². The third-order valence-corrected chi connectivity index (χ3v) is 2.86. The first-order valence-corrected chi connectivity index (χ1v) is 6.85. The SMILES string of the molecule is CSCCNC(=O)N[C@@H](C(=O)O)c1ccccc1. The molecule has 0 aromatic heterocycles. The molecule has 0 heterocycles. The lowest BCUT2D eigenvalue weighted by Crippen LogP contribution is -2.41. The fraction of sp³-hybridized carbons (Fsp3) is 0.333. The quantitative estimate of drug-likeness (QED) is 0.683. The molecule has 98 valence electrons. The molecule has 0 fully saturated rings. The number of urea groups is 1. The number of carbonyl (C=O) groups excluding carboxylic acids is 1. The first-order chi connectivity index (χ1) is 8.65. The highest BCUT2D eigenvalue weighted by Gasteiger charge is 2.21. The molecule has 0 saturated carbocycles. The number of hydrogen-bond acceptors (Lipinski definition) is 3. The minimum Gasteiger partial charge on any atom is -0.479 e. The molecule has 1 atom stereocenters. The van der Waals surface area contributed by atoms with Gasteiger partial charge in [-0.1, -0.05) is 30.3 Å². The number of aliphatic carboxylic acids is 1. The summed E-state index contributed by atoms with van der Waals surface area (Å²) in [5, 5.41) is 14.1. The molecule has 0 radical (unpaired) electrons. The number of carboxylic acids is 1. The summed E-state index contributed by atoms with van der Waals surface area (Å²) in [6.45, 7) is 0.508. The molecule has 5 nitrogen and oxygen atoms in total. The molecule has 2 amide bonds.